The number of nitrogens with one attached hydrogen (secondary N) is 2. The van der Waals surface area contributed by atoms with Crippen LogP contribution in [0.15, 0.2) is 18.2 Å². The SMILES string of the molecule is CCCNC(C)c1ccc(N2CCNC(=O)C2C)c(Cl)c1. The zero-order chi connectivity index (χ0) is 15.4. The van der Waals surface area contributed by atoms with Crippen LogP contribution in [-0.2, 0) is 4.79 Å². The maximum atomic E-state index is 11.8. The summed E-state index contributed by atoms with van der Waals surface area (Å²) < 4.78 is 0. The molecule has 1 aliphatic heterocycles. The lowest BCUT2D eigenvalue weighted by atomic mass is 10.1. The molecule has 116 valence electrons. The van der Waals surface area contributed by atoms with Crippen molar-refractivity contribution < 1.29 is 4.79 Å². The molecule has 5 heteroatoms. The fourth-order valence-corrected chi connectivity index (χ4v) is 2.91. The Morgan fingerprint density at radius 2 is 2.29 bits per heavy atom. The number of piperazine rings is 1. The van der Waals surface area contributed by atoms with Gasteiger partial charge >= 0.3 is 0 Å². The van der Waals surface area contributed by atoms with Crippen molar-refractivity contribution in [2.75, 3.05) is 24.5 Å². The highest BCUT2D eigenvalue weighted by Gasteiger charge is 2.27. The maximum Gasteiger partial charge on any atom is 0.242 e. The molecule has 2 rings (SSSR count). The number of nitrogens with zero attached hydrogens (tertiary/aromatic N) is 1. The Morgan fingerprint density at radius 3 is 2.95 bits per heavy atom. The smallest absolute Gasteiger partial charge is 0.242 e. The van der Waals surface area contributed by atoms with Crippen molar-refractivity contribution in [1.29, 1.82) is 0 Å². The van der Waals surface area contributed by atoms with E-state index in [0.717, 1.165) is 25.2 Å². The Kier molecular flexibility index (Phi) is 5.48. The van der Waals surface area contributed by atoms with Crippen molar-refractivity contribution in [3.8, 4) is 0 Å². The standard InChI is InChI=1S/C16H24ClN3O/c1-4-7-18-11(2)13-5-6-15(14(17)10-13)20-9-8-19-16(21)12(20)3/h5-6,10-12,18H,4,7-9H2,1-3H3,(H,19,21). The molecule has 21 heavy (non-hydrogen) atoms. The van der Waals surface area contributed by atoms with Crippen LogP contribution in [0.25, 0.3) is 0 Å². The highest BCUT2D eigenvalue weighted by atomic mass is 35.5. The van der Waals surface area contributed by atoms with Gasteiger partial charge in [0.2, 0.25) is 5.91 Å². The number of benzene rings is 1. The zero-order valence-corrected chi connectivity index (χ0v) is 13.7. The lowest BCUT2D eigenvalue weighted by Gasteiger charge is -2.35. The predicted molar refractivity (Wildman–Crippen MR) is 88.0 cm³/mol. The van der Waals surface area contributed by atoms with Crippen molar-refractivity contribution in [2.24, 2.45) is 0 Å². The van der Waals surface area contributed by atoms with E-state index in [4.69, 9.17) is 11.6 Å². The number of anilines is 1. The first-order chi connectivity index (χ1) is 10.0. The lowest BCUT2D eigenvalue weighted by Crippen LogP contribution is -2.54. The largest absolute Gasteiger partial charge is 0.357 e. The van der Waals surface area contributed by atoms with Gasteiger partial charge < -0.3 is 15.5 Å². The number of hydrogen-bond acceptors (Lipinski definition) is 3. The third kappa shape index (κ3) is 3.69. The molecular weight excluding hydrogens is 286 g/mol. The average molecular weight is 310 g/mol. The summed E-state index contributed by atoms with van der Waals surface area (Å²) in [6.45, 7) is 8.63. The predicted octanol–water partition coefficient (Wildman–Crippen LogP) is 2.73. The topological polar surface area (TPSA) is 44.4 Å². The molecule has 1 saturated heterocycles. The second-order valence-electron chi connectivity index (χ2n) is 5.55. The van der Waals surface area contributed by atoms with Gasteiger partial charge in [0.1, 0.15) is 6.04 Å². The van der Waals surface area contributed by atoms with Gasteiger partial charge in [0, 0.05) is 19.1 Å². The van der Waals surface area contributed by atoms with Gasteiger partial charge in [-0.2, -0.15) is 0 Å². The second kappa shape index (κ2) is 7.14. The normalized spacial score (nSPS) is 20.3. The third-order valence-electron chi connectivity index (χ3n) is 3.98. The van der Waals surface area contributed by atoms with Gasteiger partial charge in [0.05, 0.1) is 10.7 Å². The van der Waals surface area contributed by atoms with Gasteiger partial charge in [-0.25, -0.2) is 0 Å². The minimum absolute atomic E-state index is 0.0550. The highest BCUT2D eigenvalue weighted by Crippen LogP contribution is 2.30. The molecule has 0 spiro atoms. The van der Waals surface area contributed by atoms with E-state index in [1.165, 1.54) is 5.56 Å². The molecule has 4 nitrogen and oxygen atoms in total. The zero-order valence-electron chi connectivity index (χ0n) is 12.9. The number of carbonyl (C=O) groups is 1. The van der Waals surface area contributed by atoms with Gasteiger partial charge in [0.15, 0.2) is 0 Å². The molecule has 0 aliphatic carbocycles. The van der Waals surface area contributed by atoms with E-state index in [9.17, 15) is 4.79 Å². The highest BCUT2D eigenvalue weighted by molar-refractivity contribution is 6.33. The van der Waals surface area contributed by atoms with Gasteiger partial charge in [-0.3, -0.25) is 4.79 Å². The Bertz CT molecular complexity index is 506. The molecule has 1 fully saturated rings. The molecule has 0 radical (unpaired) electrons. The van der Waals surface area contributed by atoms with E-state index < -0.39 is 0 Å². The molecule has 2 N–H and O–H groups in total. The summed E-state index contributed by atoms with van der Waals surface area (Å²) in [5.74, 6) is 0.0550. The van der Waals surface area contributed by atoms with Gasteiger partial charge in [-0.15, -0.1) is 0 Å². The summed E-state index contributed by atoms with van der Waals surface area (Å²) in [6.07, 6.45) is 1.11. The minimum atomic E-state index is -0.183. The molecule has 0 bridgehead atoms. The molecule has 0 saturated carbocycles. The Hall–Kier alpha value is -1.26. The van der Waals surface area contributed by atoms with E-state index >= 15 is 0 Å². The van der Waals surface area contributed by atoms with E-state index in [1.807, 2.05) is 19.1 Å². The van der Waals surface area contributed by atoms with Gasteiger partial charge in [-0.05, 0) is 44.5 Å². The number of rotatable bonds is 5. The van der Waals surface area contributed by atoms with E-state index in [1.54, 1.807) is 0 Å². The lowest BCUT2D eigenvalue weighted by molar-refractivity contribution is -0.122. The van der Waals surface area contributed by atoms with Crippen LogP contribution in [0.3, 0.4) is 0 Å². The molecule has 0 aromatic heterocycles. The third-order valence-corrected chi connectivity index (χ3v) is 4.28. The van der Waals surface area contributed by atoms with E-state index in [-0.39, 0.29) is 18.0 Å². The summed E-state index contributed by atoms with van der Waals surface area (Å²) in [5.41, 5.74) is 2.11. The summed E-state index contributed by atoms with van der Waals surface area (Å²) in [5, 5.41) is 7.03. The van der Waals surface area contributed by atoms with Crippen LogP contribution < -0.4 is 15.5 Å². The fraction of sp³-hybridized carbons (Fsp3) is 0.562. The number of carbonyl (C=O) groups excluding carboxylic acids is 1. The molecule has 1 aromatic rings. The monoisotopic (exact) mass is 309 g/mol. The first-order valence-corrected chi connectivity index (χ1v) is 7.99. The number of halogens is 1. The van der Waals surface area contributed by atoms with Gasteiger partial charge in [-0.1, -0.05) is 24.6 Å². The molecule has 1 amide bonds. The molecule has 1 aromatic carbocycles. The van der Waals surface area contributed by atoms with Gasteiger partial charge in [0.25, 0.3) is 0 Å². The van der Waals surface area contributed by atoms with Crippen molar-refractivity contribution in [3.63, 3.8) is 0 Å². The quantitative estimate of drug-likeness (QED) is 0.879. The summed E-state index contributed by atoms with van der Waals surface area (Å²) in [4.78, 5) is 13.8. The summed E-state index contributed by atoms with van der Waals surface area (Å²) in [6, 6.07) is 6.21. The van der Waals surface area contributed by atoms with E-state index in [2.05, 4.69) is 35.4 Å². The maximum absolute atomic E-state index is 11.8. The minimum Gasteiger partial charge on any atom is -0.357 e. The summed E-state index contributed by atoms with van der Waals surface area (Å²) in [7, 11) is 0. The van der Waals surface area contributed by atoms with Crippen molar-refractivity contribution in [2.45, 2.75) is 39.3 Å². The van der Waals surface area contributed by atoms with Crippen molar-refractivity contribution >= 4 is 23.2 Å². The molecule has 1 heterocycles. The first-order valence-electron chi connectivity index (χ1n) is 7.61. The van der Waals surface area contributed by atoms with Crippen molar-refractivity contribution in [3.05, 3.63) is 28.8 Å². The van der Waals surface area contributed by atoms with Crippen LogP contribution in [0, 0.1) is 0 Å². The Balaban J connectivity index is 2.17. The number of hydrogen-bond donors (Lipinski definition) is 2. The van der Waals surface area contributed by atoms with Crippen LogP contribution in [0.4, 0.5) is 5.69 Å². The molecular formula is C16H24ClN3O. The van der Waals surface area contributed by atoms with Crippen LogP contribution >= 0.6 is 11.6 Å². The molecule has 1 aliphatic rings. The number of amides is 1. The Morgan fingerprint density at radius 1 is 1.52 bits per heavy atom. The molecule has 2 unspecified atom stereocenters. The Labute approximate surface area is 131 Å². The first kappa shape index (κ1) is 16.1. The van der Waals surface area contributed by atoms with Crippen molar-refractivity contribution in [1.82, 2.24) is 10.6 Å². The van der Waals surface area contributed by atoms with Crippen LogP contribution in [0.5, 0.6) is 0 Å². The van der Waals surface area contributed by atoms with Crippen LogP contribution in [0.2, 0.25) is 5.02 Å². The molecule has 2 atom stereocenters. The van der Waals surface area contributed by atoms with E-state index in [0.29, 0.717) is 11.6 Å². The van der Waals surface area contributed by atoms with Crippen LogP contribution in [-0.4, -0.2) is 31.6 Å². The fourth-order valence-electron chi connectivity index (χ4n) is 2.62. The average Bonchev–Trinajstić information content (AvgIpc) is 2.48. The summed E-state index contributed by atoms with van der Waals surface area (Å²) >= 11 is 6.45. The van der Waals surface area contributed by atoms with Crippen LogP contribution in [0.1, 0.15) is 38.8 Å². The second-order valence-corrected chi connectivity index (χ2v) is 5.95.